The number of aliphatic hydroxyl groups excluding tert-OH is 1. The Bertz CT molecular complexity index is 635. The Morgan fingerprint density at radius 2 is 2.08 bits per heavy atom. The van der Waals surface area contributed by atoms with Crippen molar-refractivity contribution in [3.63, 3.8) is 0 Å². The van der Waals surface area contributed by atoms with Gasteiger partial charge in [-0.25, -0.2) is 0 Å². The molecule has 0 bridgehead atoms. The van der Waals surface area contributed by atoms with E-state index < -0.39 is 0 Å². The summed E-state index contributed by atoms with van der Waals surface area (Å²) < 4.78 is 5.23. The zero-order valence-corrected chi connectivity index (χ0v) is 14.2. The highest BCUT2D eigenvalue weighted by atomic mass is 16.5. The van der Waals surface area contributed by atoms with E-state index in [4.69, 9.17) is 4.52 Å². The van der Waals surface area contributed by atoms with E-state index in [0.29, 0.717) is 25.0 Å². The fourth-order valence-electron chi connectivity index (χ4n) is 3.08. The summed E-state index contributed by atoms with van der Waals surface area (Å²) in [6.07, 6.45) is 2.94. The quantitative estimate of drug-likeness (QED) is 0.812. The largest absolute Gasteiger partial charge is 0.396 e. The first kappa shape index (κ1) is 16.9. The van der Waals surface area contributed by atoms with Gasteiger partial charge in [-0.15, -0.1) is 0 Å². The number of benzene rings is 1. The topological polar surface area (TPSA) is 74.4 Å². The van der Waals surface area contributed by atoms with Gasteiger partial charge in [-0.3, -0.25) is 4.90 Å². The highest BCUT2D eigenvalue weighted by Gasteiger charge is 2.19. The fraction of sp³-hybridized carbons (Fsp3) is 0.556. The highest BCUT2D eigenvalue weighted by Crippen LogP contribution is 2.22. The average Bonchev–Trinajstić information content (AvgIpc) is 3.10. The third-order valence-electron chi connectivity index (χ3n) is 4.63. The van der Waals surface area contributed by atoms with E-state index in [1.54, 1.807) is 0 Å². The molecule has 0 unspecified atom stereocenters. The molecule has 130 valence electrons. The van der Waals surface area contributed by atoms with Gasteiger partial charge in [0.15, 0.2) is 5.82 Å². The van der Waals surface area contributed by atoms with Crippen LogP contribution < -0.4 is 5.32 Å². The molecular formula is C18H26N4O2. The lowest BCUT2D eigenvalue weighted by molar-refractivity contribution is 0.127. The van der Waals surface area contributed by atoms with Gasteiger partial charge < -0.3 is 14.9 Å². The lowest BCUT2D eigenvalue weighted by Crippen LogP contribution is -2.34. The predicted molar refractivity (Wildman–Crippen MR) is 92.5 cm³/mol. The number of likely N-dealkylation sites (tertiary alicyclic amines) is 1. The number of rotatable bonds is 7. The Kier molecular flexibility index (Phi) is 5.82. The van der Waals surface area contributed by atoms with E-state index in [1.807, 2.05) is 13.0 Å². The minimum atomic E-state index is 0.315. The van der Waals surface area contributed by atoms with E-state index in [0.717, 1.165) is 50.4 Å². The van der Waals surface area contributed by atoms with Gasteiger partial charge in [0.2, 0.25) is 5.89 Å². The molecule has 3 rings (SSSR count). The Morgan fingerprint density at radius 1 is 1.29 bits per heavy atom. The second-order valence-electron chi connectivity index (χ2n) is 6.37. The predicted octanol–water partition coefficient (Wildman–Crippen LogP) is 2.45. The van der Waals surface area contributed by atoms with Gasteiger partial charge in [0, 0.05) is 25.3 Å². The summed E-state index contributed by atoms with van der Waals surface area (Å²) in [6, 6.07) is 8.36. The summed E-state index contributed by atoms with van der Waals surface area (Å²) >= 11 is 0. The van der Waals surface area contributed by atoms with E-state index in [2.05, 4.69) is 38.6 Å². The number of aryl methyl sites for hydroxylation is 1. The molecule has 1 aliphatic rings. The number of para-hydroxylation sites is 1. The number of hydrogen-bond donors (Lipinski definition) is 2. The molecule has 2 aromatic rings. The normalized spacial score (nSPS) is 16.4. The highest BCUT2D eigenvalue weighted by molar-refractivity contribution is 5.51. The third-order valence-corrected chi connectivity index (χ3v) is 4.63. The molecule has 2 heterocycles. The molecule has 1 saturated heterocycles. The van der Waals surface area contributed by atoms with E-state index in [-0.39, 0.29) is 0 Å². The molecule has 0 atom stereocenters. The number of aliphatic hydroxyl groups is 1. The average molecular weight is 330 g/mol. The van der Waals surface area contributed by atoms with Crippen molar-refractivity contribution in [2.24, 2.45) is 5.92 Å². The number of hydrogen-bond acceptors (Lipinski definition) is 6. The maximum atomic E-state index is 9.26. The Balaban J connectivity index is 1.58. The van der Waals surface area contributed by atoms with Crippen LogP contribution in [0, 0.1) is 5.92 Å². The van der Waals surface area contributed by atoms with Crippen LogP contribution in [0.2, 0.25) is 0 Å². The van der Waals surface area contributed by atoms with Crippen LogP contribution in [0.15, 0.2) is 28.8 Å². The van der Waals surface area contributed by atoms with Gasteiger partial charge in [0.25, 0.3) is 0 Å². The minimum Gasteiger partial charge on any atom is -0.396 e. The van der Waals surface area contributed by atoms with Crippen molar-refractivity contribution in [3.8, 4) is 0 Å². The number of aromatic nitrogens is 2. The van der Waals surface area contributed by atoms with Crippen molar-refractivity contribution in [2.45, 2.75) is 39.3 Å². The standard InChI is InChI=1S/C18H26N4O2/c1-2-17-20-18(24-21-17)11-19-16-6-4-3-5-15(16)12-22-9-7-14(13-23)8-10-22/h3-6,14,19,23H,2,7-13H2,1H3. The van der Waals surface area contributed by atoms with Gasteiger partial charge >= 0.3 is 0 Å². The zero-order valence-electron chi connectivity index (χ0n) is 14.2. The smallest absolute Gasteiger partial charge is 0.245 e. The summed E-state index contributed by atoms with van der Waals surface area (Å²) in [4.78, 5) is 6.79. The minimum absolute atomic E-state index is 0.315. The molecule has 1 aromatic heterocycles. The molecule has 1 aliphatic heterocycles. The van der Waals surface area contributed by atoms with Crippen LogP contribution in [0.4, 0.5) is 5.69 Å². The SMILES string of the molecule is CCc1noc(CNc2ccccc2CN2CCC(CO)CC2)n1. The van der Waals surface area contributed by atoms with Gasteiger partial charge in [-0.05, 0) is 43.5 Å². The van der Waals surface area contributed by atoms with Crippen molar-refractivity contribution >= 4 is 5.69 Å². The summed E-state index contributed by atoms with van der Waals surface area (Å²) in [6.45, 7) is 5.88. The summed E-state index contributed by atoms with van der Waals surface area (Å²) in [7, 11) is 0. The van der Waals surface area contributed by atoms with Gasteiger partial charge in [0.1, 0.15) is 0 Å². The molecule has 0 amide bonds. The molecule has 0 aliphatic carbocycles. The first-order valence-electron chi connectivity index (χ1n) is 8.75. The van der Waals surface area contributed by atoms with Gasteiger partial charge in [0.05, 0.1) is 6.54 Å². The fourth-order valence-corrected chi connectivity index (χ4v) is 3.08. The van der Waals surface area contributed by atoms with Crippen LogP contribution in [-0.2, 0) is 19.5 Å². The second-order valence-corrected chi connectivity index (χ2v) is 6.37. The van der Waals surface area contributed by atoms with Crippen LogP contribution in [0.5, 0.6) is 0 Å². The van der Waals surface area contributed by atoms with Crippen molar-refractivity contribution in [3.05, 3.63) is 41.5 Å². The summed E-state index contributed by atoms with van der Waals surface area (Å²) in [5.41, 5.74) is 2.38. The summed E-state index contributed by atoms with van der Waals surface area (Å²) in [5.74, 6) is 1.83. The number of anilines is 1. The molecule has 1 fully saturated rings. The lowest BCUT2D eigenvalue weighted by atomic mass is 9.97. The second kappa shape index (κ2) is 8.26. The molecular weight excluding hydrogens is 304 g/mol. The van der Waals surface area contributed by atoms with E-state index in [1.165, 1.54) is 5.56 Å². The molecule has 24 heavy (non-hydrogen) atoms. The van der Waals surface area contributed by atoms with Crippen LogP contribution in [-0.4, -0.2) is 39.8 Å². The van der Waals surface area contributed by atoms with Crippen LogP contribution in [0.25, 0.3) is 0 Å². The number of nitrogens with zero attached hydrogens (tertiary/aromatic N) is 3. The third kappa shape index (κ3) is 4.33. The van der Waals surface area contributed by atoms with Crippen molar-refractivity contribution in [1.82, 2.24) is 15.0 Å². The van der Waals surface area contributed by atoms with Gasteiger partial charge in [-0.1, -0.05) is 30.3 Å². The van der Waals surface area contributed by atoms with Crippen molar-refractivity contribution < 1.29 is 9.63 Å². The van der Waals surface area contributed by atoms with Crippen molar-refractivity contribution in [1.29, 1.82) is 0 Å². The molecule has 2 N–H and O–H groups in total. The zero-order chi connectivity index (χ0) is 16.8. The maximum Gasteiger partial charge on any atom is 0.245 e. The Labute approximate surface area is 142 Å². The van der Waals surface area contributed by atoms with Crippen molar-refractivity contribution in [2.75, 3.05) is 25.0 Å². The Morgan fingerprint density at radius 3 is 2.79 bits per heavy atom. The molecule has 0 radical (unpaired) electrons. The van der Waals surface area contributed by atoms with E-state index >= 15 is 0 Å². The maximum absolute atomic E-state index is 9.26. The lowest BCUT2D eigenvalue weighted by Gasteiger charge is -2.31. The van der Waals surface area contributed by atoms with Crippen LogP contribution >= 0.6 is 0 Å². The molecule has 6 heteroatoms. The first-order valence-corrected chi connectivity index (χ1v) is 8.75. The van der Waals surface area contributed by atoms with E-state index in [9.17, 15) is 5.11 Å². The number of nitrogens with one attached hydrogen (secondary N) is 1. The molecule has 0 spiro atoms. The molecule has 6 nitrogen and oxygen atoms in total. The van der Waals surface area contributed by atoms with Crippen LogP contribution in [0.1, 0.15) is 37.0 Å². The molecule has 1 aromatic carbocycles. The molecule has 0 saturated carbocycles. The van der Waals surface area contributed by atoms with Gasteiger partial charge in [-0.2, -0.15) is 4.98 Å². The monoisotopic (exact) mass is 330 g/mol. The summed E-state index contributed by atoms with van der Waals surface area (Å²) in [5, 5.41) is 16.6. The first-order chi connectivity index (χ1) is 11.8. The van der Waals surface area contributed by atoms with Crippen LogP contribution in [0.3, 0.4) is 0 Å². The Hall–Kier alpha value is -1.92. The number of piperidine rings is 1.